The number of benzene rings is 1. The Kier molecular flexibility index (Phi) is 3.49. The first kappa shape index (κ1) is 12.6. The molecule has 98 valence electrons. The number of furan rings is 1. The summed E-state index contributed by atoms with van der Waals surface area (Å²) >= 11 is 12.1. The van der Waals surface area contributed by atoms with Crippen LogP contribution < -0.4 is 0 Å². The summed E-state index contributed by atoms with van der Waals surface area (Å²) in [7, 11) is 0. The van der Waals surface area contributed by atoms with Gasteiger partial charge in [-0.3, -0.25) is 0 Å². The van der Waals surface area contributed by atoms with Gasteiger partial charge in [-0.15, -0.1) is 11.6 Å². The van der Waals surface area contributed by atoms with Gasteiger partial charge in [-0.25, -0.2) is 4.98 Å². The minimum Gasteiger partial charge on any atom is -0.467 e. The predicted octanol–water partition coefficient (Wildman–Crippen LogP) is 4.11. The van der Waals surface area contributed by atoms with E-state index in [0.717, 1.165) is 22.6 Å². The third-order valence-corrected chi connectivity index (χ3v) is 3.50. The van der Waals surface area contributed by atoms with Gasteiger partial charge >= 0.3 is 0 Å². The number of aryl methyl sites for hydroxylation is 1. The molecular formula is C14H12Cl2N2O. The van der Waals surface area contributed by atoms with E-state index in [4.69, 9.17) is 27.6 Å². The first-order valence-corrected chi connectivity index (χ1v) is 6.93. The van der Waals surface area contributed by atoms with Crippen LogP contribution in [0.1, 0.15) is 11.6 Å². The summed E-state index contributed by atoms with van der Waals surface area (Å²) in [5.74, 6) is 2.32. The van der Waals surface area contributed by atoms with E-state index in [1.807, 2.05) is 30.3 Å². The number of rotatable bonds is 4. The van der Waals surface area contributed by atoms with E-state index in [9.17, 15) is 0 Å². The lowest BCUT2D eigenvalue weighted by Crippen LogP contribution is -2.05. The molecule has 0 amide bonds. The van der Waals surface area contributed by atoms with Crippen molar-refractivity contribution < 1.29 is 4.42 Å². The molecule has 2 aromatic heterocycles. The van der Waals surface area contributed by atoms with Crippen molar-refractivity contribution in [1.29, 1.82) is 0 Å². The second-order valence-corrected chi connectivity index (χ2v) is 5.03. The second kappa shape index (κ2) is 5.27. The Bertz CT molecular complexity index is 689. The molecule has 0 bridgehead atoms. The van der Waals surface area contributed by atoms with Crippen molar-refractivity contribution >= 4 is 34.2 Å². The number of aromatic nitrogens is 2. The van der Waals surface area contributed by atoms with Gasteiger partial charge in [0.05, 0.1) is 28.9 Å². The largest absolute Gasteiger partial charge is 0.467 e. The Morgan fingerprint density at radius 1 is 1.21 bits per heavy atom. The predicted molar refractivity (Wildman–Crippen MR) is 77.0 cm³/mol. The van der Waals surface area contributed by atoms with E-state index in [1.165, 1.54) is 0 Å². The molecule has 0 saturated heterocycles. The first-order valence-electron chi connectivity index (χ1n) is 6.01. The van der Waals surface area contributed by atoms with Crippen molar-refractivity contribution in [3.8, 4) is 0 Å². The van der Waals surface area contributed by atoms with Crippen molar-refractivity contribution in [1.82, 2.24) is 9.55 Å². The summed E-state index contributed by atoms with van der Waals surface area (Å²) in [6, 6.07) is 9.54. The molecule has 5 heteroatoms. The minimum atomic E-state index is 0.527. The van der Waals surface area contributed by atoms with Crippen LogP contribution in [0.2, 0.25) is 5.02 Å². The van der Waals surface area contributed by atoms with E-state index >= 15 is 0 Å². The number of hydrogen-bond donors (Lipinski definition) is 0. The first-order chi connectivity index (χ1) is 9.29. The summed E-state index contributed by atoms with van der Waals surface area (Å²) in [5, 5.41) is 0.692. The van der Waals surface area contributed by atoms with Gasteiger partial charge in [-0.05, 0) is 24.3 Å². The molecule has 0 atom stereocenters. The fraction of sp³-hybridized carbons (Fsp3) is 0.214. The molecule has 0 saturated carbocycles. The number of nitrogens with zero attached hydrogens (tertiary/aromatic N) is 2. The van der Waals surface area contributed by atoms with Crippen LogP contribution in [0.25, 0.3) is 11.0 Å². The maximum absolute atomic E-state index is 6.29. The highest BCUT2D eigenvalue weighted by Gasteiger charge is 2.14. The highest BCUT2D eigenvalue weighted by Crippen LogP contribution is 2.26. The molecule has 0 unspecified atom stereocenters. The van der Waals surface area contributed by atoms with Crippen LogP contribution in [-0.4, -0.2) is 15.4 Å². The molecular weight excluding hydrogens is 283 g/mol. The van der Waals surface area contributed by atoms with Crippen LogP contribution in [0.5, 0.6) is 0 Å². The minimum absolute atomic E-state index is 0.527. The highest BCUT2D eigenvalue weighted by atomic mass is 35.5. The fourth-order valence-corrected chi connectivity index (χ4v) is 2.63. The number of hydrogen-bond acceptors (Lipinski definition) is 2. The zero-order valence-electron chi connectivity index (χ0n) is 10.1. The van der Waals surface area contributed by atoms with Crippen molar-refractivity contribution in [2.45, 2.75) is 13.0 Å². The van der Waals surface area contributed by atoms with Gasteiger partial charge in [0.15, 0.2) is 0 Å². The normalized spacial score (nSPS) is 11.3. The summed E-state index contributed by atoms with van der Waals surface area (Å²) in [6.07, 6.45) is 2.37. The van der Waals surface area contributed by atoms with E-state index in [-0.39, 0.29) is 0 Å². The molecule has 19 heavy (non-hydrogen) atoms. The SMILES string of the molecule is ClCCc1nc2cccc(Cl)c2n1Cc1ccco1. The van der Waals surface area contributed by atoms with Gasteiger partial charge in [0.25, 0.3) is 0 Å². The van der Waals surface area contributed by atoms with Gasteiger partial charge in [-0.1, -0.05) is 17.7 Å². The zero-order chi connectivity index (χ0) is 13.2. The molecule has 0 aliphatic carbocycles. The lowest BCUT2D eigenvalue weighted by atomic mass is 10.3. The van der Waals surface area contributed by atoms with E-state index < -0.39 is 0 Å². The molecule has 0 fully saturated rings. The Morgan fingerprint density at radius 2 is 2.11 bits per heavy atom. The summed E-state index contributed by atoms with van der Waals surface area (Å²) < 4.78 is 7.47. The maximum atomic E-state index is 6.29. The Labute approximate surface area is 120 Å². The van der Waals surface area contributed by atoms with Crippen LogP contribution in [0.3, 0.4) is 0 Å². The Balaban J connectivity index is 2.15. The molecule has 3 aromatic rings. The second-order valence-electron chi connectivity index (χ2n) is 4.24. The number of halogens is 2. The van der Waals surface area contributed by atoms with Crippen molar-refractivity contribution in [3.05, 3.63) is 53.2 Å². The third kappa shape index (κ3) is 2.36. The fourth-order valence-electron chi connectivity index (χ4n) is 2.19. The maximum Gasteiger partial charge on any atom is 0.123 e. The van der Waals surface area contributed by atoms with Crippen LogP contribution in [0.4, 0.5) is 0 Å². The number of alkyl halides is 1. The van der Waals surface area contributed by atoms with E-state index in [2.05, 4.69) is 9.55 Å². The standard InChI is InChI=1S/C14H12Cl2N2O/c15-7-6-13-17-12-5-1-4-11(16)14(12)18(13)9-10-3-2-8-19-10/h1-5,8H,6-7,9H2. The average molecular weight is 295 g/mol. The van der Waals surface area contributed by atoms with Crippen LogP contribution in [-0.2, 0) is 13.0 Å². The molecule has 0 aliphatic heterocycles. The number of imidazole rings is 1. The molecule has 0 aliphatic rings. The van der Waals surface area contributed by atoms with Gasteiger partial charge in [-0.2, -0.15) is 0 Å². The van der Waals surface area contributed by atoms with Gasteiger partial charge in [0.2, 0.25) is 0 Å². The summed E-state index contributed by atoms with van der Waals surface area (Å²) in [4.78, 5) is 4.60. The smallest absolute Gasteiger partial charge is 0.123 e. The summed E-state index contributed by atoms with van der Waals surface area (Å²) in [5.41, 5.74) is 1.82. The monoisotopic (exact) mass is 294 g/mol. The third-order valence-electron chi connectivity index (χ3n) is 3.01. The molecule has 1 aromatic carbocycles. The zero-order valence-corrected chi connectivity index (χ0v) is 11.7. The van der Waals surface area contributed by atoms with Gasteiger partial charge in [0, 0.05) is 12.3 Å². The van der Waals surface area contributed by atoms with Crippen molar-refractivity contribution in [3.63, 3.8) is 0 Å². The lowest BCUT2D eigenvalue weighted by Gasteiger charge is -2.07. The van der Waals surface area contributed by atoms with E-state index in [0.29, 0.717) is 23.9 Å². The molecule has 2 heterocycles. The molecule has 0 radical (unpaired) electrons. The Hall–Kier alpha value is -1.45. The van der Waals surface area contributed by atoms with Crippen LogP contribution in [0.15, 0.2) is 41.0 Å². The topological polar surface area (TPSA) is 31.0 Å². The van der Waals surface area contributed by atoms with Crippen molar-refractivity contribution in [2.24, 2.45) is 0 Å². The van der Waals surface area contributed by atoms with Crippen LogP contribution in [0, 0.1) is 0 Å². The molecule has 0 N–H and O–H groups in total. The van der Waals surface area contributed by atoms with Crippen molar-refractivity contribution in [2.75, 3.05) is 5.88 Å². The summed E-state index contributed by atoms with van der Waals surface area (Å²) in [6.45, 7) is 0.611. The lowest BCUT2D eigenvalue weighted by molar-refractivity contribution is 0.492. The van der Waals surface area contributed by atoms with Gasteiger partial charge in [0.1, 0.15) is 11.6 Å². The van der Waals surface area contributed by atoms with E-state index in [1.54, 1.807) is 6.26 Å². The quantitative estimate of drug-likeness (QED) is 0.678. The number of fused-ring (bicyclic) bond motifs is 1. The van der Waals surface area contributed by atoms with Crippen LogP contribution >= 0.6 is 23.2 Å². The molecule has 3 rings (SSSR count). The average Bonchev–Trinajstić information content (AvgIpc) is 3.00. The highest BCUT2D eigenvalue weighted by molar-refractivity contribution is 6.35. The molecule has 3 nitrogen and oxygen atoms in total. The Morgan fingerprint density at radius 3 is 2.84 bits per heavy atom. The molecule has 0 spiro atoms. The number of para-hydroxylation sites is 1. The van der Waals surface area contributed by atoms with Gasteiger partial charge < -0.3 is 8.98 Å².